The number of nitrogens with zero attached hydrogens (tertiary/aromatic N) is 1. The number of benzene rings is 1. The third-order valence-electron chi connectivity index (χ3n) is 3.67. The van der Waals surface area contributed by atoms with Crippen molar-refractivity contribution < 1.29 is 22.7 Å². The number of ether oxygens (including phenoxy) is 2. The van der Waals surface area contributed by atoms with E-state index in [0.29, 0.717) is 30.1 Å². The highest BCUT2D eigenvalue weighted by molar-refractivity contribution is 7.92. The highest BCUT2D eigenvalue weighted by atomic mass is 32.2. The average molecular weight is 342 g/mol. The summed E-state index contributed by atoms with van der Waals surface area (Å²) in [6, 6.07) is 4.88. The summed E-state index contributed by atoms with van der Waals surface area (Å²) in [5, 5.41) is 0. The van der Waals surface area contributed by atoms with Crippen LogP contribution in [-0.4, -0.2) is 46.9 Å². The van der Waals surface area contributed by atoms with Gasteiger partial charge >= 0.3 is 0 Å². The maximum atomic E-state index is 12.1. The van der Waals surface area contributed by atoms with E-state index in [1.807, 2.05) is 0 Å². The van der Waals surface area contributed by atoms with Gasteiger partial charge in [-0.25, -0.2) is 8.42 Å². The molecule has 2 rings (SSSR count). The average Bonchev–Trinajstić information content (AvgIpc) is 2.92. The summed E-state index contributed by atoms with van der Waals surface area (Å²) in [4.78, 5) is 13.6. The van der Waals surface area contributed by atoms with E-state index < -0.39 is 16.1 Å². The Morgan fingerprint density at radius 3 is 2.65 bits per heavy atom. The van der Waals surface area contributed by atoms with E-state index in [1.54, 1.807) is 30.0 Å². The second kappa shape index (κ2) is 7.18. The first kappa shape index (κ1) is 17.6. The van der Waals surface area contributed by atoms with Crippen molar-refractivity contribution in [1.82, 2.24) is 0 Å². The summed E-state index contributed by atoms with van der Waals surface area (Å²) in [6.45, 7) is 2.29. The van der Waals surface area contributed by atoms with Crippen LogP contribution < -0.4 is 14.4 Å². The van der Waals surface area contributed by atoms with Crippen molar-refractivity contribution in [1.29, 1.82) is 0 Å². The first-order valence-corrected chi connectivity index (χ1v) is 9.03. The maximum absolute atomic E-state index is 12.1. The van der Waals surface area contributed by atoms with Gasteiger partial charge in [0.2, 0.25) is 15.9 Å². The van der Waals surface area contributed by atoms with Crippen LogP contribution in [0, 0.1) is 0 Å². The quantitative estimate of drug-likeness (QED) is 0.813. The minimum Gasteiger partial charge on any atom is -0.495 e. The molecule has 0 aromatic heterocycles. The first-order valence-electron chi connectivity index (χ1n) is 7.38. The Kier molecular flexibility index (Phi) is 5.48. The lowest BCUT2D eigenvalue weighted by atomic mass is 10.2. The normalized spacial score (nSPS) is 16.5. The number of anilines is 2. The lowest BCUT2D eigenvalue weighted by Gasteiger charge is -2.20. The zero-order valence-electron chi connectivity index (χ0n) is 13.5. The molecule has 1 aliphatic rings. The molecule has 1 fully saturated rings. The summed E-state index contributed by atoms with van der Waals surface area (Å²) >= 11 is 0. The standard InChI is InChI=1S/C15H22N2O5S/c1-11(21-2)10-23(19,20)16-12-6-7-14(22-3)13(9-12)17-8-4-5-15(17)18/h6-7,9,11,16H,4-5,8,10H2,1-3H3/t11-/m0/s1. The minimum absolute atomic E-state index is 0.0105. The molecule has 0 saturated carbocycles. The molecule has 1 aromatic carbocycles. The van der Waals surface area contributed by atoms with Crippen molar-refractivity contribution in [3.05, 3.63) is 18.2 Å². The number of carbonyl (C=O) groups is 1. The van der Waals surface area contributed by atoms with Gasteiger partial charge in [-0.05, 0) is 31.5 Å². The molecule has 0 bridgehead atoms. The molecule has 0 aliphatic carbocycles. The molecule has 0 radical (unpaired) electrons. The van der Waals surface area contributed by atoms with Crippen LogP contribution in [0.15, 0.2) is 18.2 Å². The zero-order valence-corrected chi connectivity index (χ0v) is 14.4. The summed E-state index contributed by atoms with van der Waals surface area (Å²) < 4.78 is 37.0. The smallest absolute Gasteiger partial charge is 0.235 e. The van der Waals surface area contributed by atoms with Crippen LogP contribution in [0.3, 0.4) is 0 Å². The number of methoxy groups -OCH3 is 2. The third kappa shape index (κ3) is 4.35. The Morgan fingerprint density at radius 2 is 2.09 bits per heavy atom. The van der Waals surface area contributed by atoms with E-state index in [2.05, 4.69) is 4.72 Å². The van der Waals surface area contributed by atoms with Crippen LogP contribution in [0.25, 0.3) is 0 Å². The minimum atomic E-state index is -3.54. The van der Waals surface area contributed by atoms with Crippen molar-refractivity contribution in [3.63, 3.8) is 0 Å². The number of sulfonamides is 1. The predicted molar refractivity (Wildman–Crippen MR) is 88.5 cm³/mol. The molecule has 1 heterocycles. The Hall–Kier alpha value is -1.80. The highest BCUT2D eigenvalue weighted by Crippen LogP contribution is 2.34. The Bertz CT molecular complexity index is 674. The van der Waals surface area contributed by atoms with E-state index in [4.69, 9.17) is 9.47 Å². The van der Waals surface area contributed by atoms with E-state index in [1.165, 1.54) is 14.2 Å². The second-order valence-electron chi connectivity index (χ2n) is 5.47. The van der Waals surface area contributed by atoms with Gasteiger partial charge in [0.25, 0.3) is 0 Å². The van der Waals surface area contributed by atoms with Gasteiger partial charge < -0.3 is 14.4 Å². The Balaban J connectivity index is 2.25. The lowest BCUT2D eigenvalue weighted by molar-refractivity contribution is -0.117. The molecule has 128 valence electrons. The molecule has 1 aliphatic heterocycles. The molecule has 8 heteroatoms. The topological polar surface area (TPSA) is 84.9 Å². The molecule has 1 saturated heterocycles. The van der Waals surface area contributed by atoms with Crippen LogP contribution in [0.4, 0.5) is 11.4 Å². The van der Waals surface area contributed by atoms with Gasteiger partial charge in [0.15, 0.2) is 0 Å². The summed E-state index contributed by atoms with van der Waals surface area (Å²) in [6.07, 6.45) is 0.860. The fourth-order valence-corrected chi connectivity index (χ4v) is 3.79. The van der Waals surface area contributed by atoms with Gasteiger partial charge in [0.05, 0.1) is 30.3 Å². The van der Waals surface area contributed by atoms with Crippen molar-refractivity contribution in [2.75, 3.05) is 36.1 Å². The van der Waals surface area contributed by atoms with Gasteiger partial charge in [-0.15, -0.1) is 0 Å². The lowest BCUT2D eigenvalue weighted by Crippen LogP contribution is -2.26. The predicted octanol–water partition coefficient (Wildman–Crippen LogP) is 1.60. The number of carbonyl (C=O) groups excluding carboxylic acids is 1. The molecular formula is C15H22N2O5S. The number of nitrogens with one attached hydrogen (secondary N) is 1. The Morgan fingerprint density at radius 1 is 1.35 bits per heavy atom. The van der Waals surface area contributed by atoms with Gasteiger partial charge in [-0.1, -0.05) is 0 Å². The molecule has 1 aromatic rings. The summed E-state index contributed by atoms with van der Waals surface area (Å²) in [7, 11) is -0.558. The molecule has 0 spiro atoms. The van der Waals surface area contributed by atoms with Gasteiger partial charge in [-0.2, -0.15) is 0 Å². The highest BCUT2D eigenvalue weighted by Gasteiger charge is 2.25. The fraction of sp³-hybridized carbons (Fsp3) is 0.533. The molecule has 0 unspecified atom stereocenters. The summed E-state index contributed by atoms with van der Waals surface area (Å²) in [5.74, 6) is 0.401. The third-order valence-corrected chi connectivity index (χ3v) is 5.13. The number of hydrogen-bond acceptors (Lipinski definition) is 5. The molecule has 1 amide bonds. The van der Waals surface area contributed by atoms with Gasteiger partial charge in [0, 0.05) is 20.1 Å². The first-order chi connectivity index (χ1) is 10.9. The van der Waals surface area contributed by atoms with Crippen LogP contribution >= 0.6 is 0 Å². The SMILES string of the molecule is COc1ccc(NS(=O)(=O)C[C@H](C)OC)cc1N1CCCC1=O. The monoisotopic (exact) mass is 342 g/mol. The number of amides is 1. The van der Waals surface area contributed by atoms with Crippen LogP contribution in [0.5, 0.6) is 5.75 Å². The maximum Gasteiger partial charge on any atom is 0.235 e. The van der Waals surface area contributed by atoms with Crippen molar-refractivity contribution >= 4 is 27.3 Å². The second-order valence-corrected chi connectivity index (χ2v) is 7.23. The zero-order chi connectivity index (χ0) is 17.0. The van der Waals surface area contributed by atoms with Crippen LogP contribution in [0.2, 0.25) is 0 Å². The van der Waals surface area contributed by atoms with E-state index >= 15 is 0 Å². The van der Waals surface area contributed by atoms with E-state index in [-0.39, 0.29) is 11.7 Å². The number of hydrogen-bond donors (Lipinski definition) is 1. The summed E-state index contributed by atoms with van der Waals surface area (Å²) in [5.41, 5.74) is 0.971. The van der Waals surface area contributed by atoms with E-state index in [0.717, 1.165) is 6.42 Å². The molecule has 7 nitrogen and oxygen atoms in total. The number of rotatable bonds is 7. The molecule has 23 heavy (non-hydrogen) atoms. The van der Waals surface area contributed by atoms with E-state index in [9.17, 15) is 13.2 Å². The van der Waals surface area contributed by atoms with Crippen molar-refractivity contribution in [2.45, 2.75) is 25.9 Å². The molecule has 1 N–H and O–H groups in total. The van der Waals surface area contributed by atoms with Crippen molar-refractivity contribution in [3.8, 4) is 5.75 Å². The Labute approximate surface area is 136 Å². The molecule has 1 atom stereocenters. The fourth-order valence-electron chi connectivity index (χ4n) is 2.47. The molecular weight excluding hydrogens is 320 g/mol. The van der Waals surface area contributed by atoms with Gasteiger partial charge in [-0.3, -0.25) is 9.52 Å². The largest absolute Gasteiger partial charge is 0.495 e. The van der Waals surface area contributed by atoms with Crippen LogP contribution in [0.1, 0.15) is 19.8 Å². The van der Waals surface area contributed by atoms with Crippen molar-refractivity contribution in [2.24, 2.45) is 0 Å². The van der Waals surface area contributed by atoms with Crippen LogP contribution in [-0.2, 0) is 19.6 Å². The van der Waals surface area contributed by atoms with Gasteiger partial charge in [0.1, 0.15) is 5.75 Å².